The van der Waals surface area contributed by atoms with Gasteiger partial charge in [-0.25, -0.2) is 0 Å². The number of rotatable bonds is 12. The fourth-order valence-electron chi connectivity index (χ4n) is 10.3. The van der Waals surface area contributed by atoms with E-state index in [0.717, 1.165) is 42.4 Å². The zero-order valence-electron chi connectivity index (χ0n) is 33.6. The standard InChI is InChI=1S/C45H64O7Si/c1-31-25-26-36-44(7)37(31)40(49-30-34-21-15-11-16-22-34)45(28-27-32(2)46,52-53(8,9)35-23-17-12-18-24-35)42(3,4)39(47)38(41(44)51-43(5,6)50-36)48-29-33-19-13-10-14-20-33/h10-11,13-16,19-22,35-38,40-41H,1,12,17-18,23-30H2,2-9H3/t36-,37-,38+,40-,41+,44+,45+/m0/s1. The largest absolute Gasteiger partial charge is 0.408 e. The van der Waals surface area contributed by atoms with E-state index in [0.29, 0.717) is 18.6 Å². The highest BCUT2D eigenvalue weighted by atomic mass is 28.4. The average Bonchev–Trinajstić information content (AvgIpc) is 3.12. The molecule has 0 radical (unpaired) electrons. The van der Waals surface area contributed by atoms with E-state index >= 15 is 4.79 Å². The lowest BCUT2D eigenvalue weighted by Crippen LogP contribution is -2.76. The zero-order chi connectivity index (χ0) is 38.2. The molecular weight excluding hydrogens is 681 g/mol. The summed E-state index contributed by atoms with van der Waals surface area (Å²) in [6.45, 7) is 21.8. The fourth-order valence-corrected chi connectivity index (χ4v) is 13.7. The van der Waals surface area contributed by atoms with Crippen LogP contribution in [0.2, 0.25) is 18.6 Å². The number of carbonyl (C=O) groups is 2. The van der Waals surface area contributed by atoms with Gasteiger partial charge in [0.05, 0.1) is 36.4 Å². The molecule has 7 atom stereocenters. The number of hydrogen-bond donors (Lipinski definition) is 0. The molecule has 0 aromatic heterocycles. The van der Waals surface area contributed by atoms with Gasteiger partial charge in [0.25, 0.3) is 0 Å². The Balaban J connectivity index is 1.60. The highest BCUT2D eigenvalue weighted by Gasteiger charge is 2.71. The van der Waals surface area contributed by atoms with Gasteiger partial charge in [0.2, 0.25) is 0 Å². The summed E-state index contributed by atoms with van der Waals surface area (Å²) < 4.78 is 36.1. The quantitative estimate of drug-likeness (QED) is 0.158. The van der Waals surface area contributed by atoms with Crippen LogP contribution in [0, 0.1) is 16.7 Å². The van der Waals surface area contributed by atoms with Crippen LogP contribution in [0.5, 0.6) is 0 Å². The van der Waals surface area contributed by atoms with E-state index in [9.17, 15) is 4.79 Å². The predicted molar refractivity (Wildman–Crippen MR) is 211 cm³/mol. The van der Waals surface area contributed by atoms with Gasteiger partial charge in [0.15, 0.2) is 19.9 Å². The Hall–Kier alpha value is -2.46. The molecule has 0 N–H and O–H groups in total. The van der Waals surface area contributed by atoms with Crippen molar-refractivity contribution >= 4 is 19.9 Å². The summed E-state index contributed by atoms with van der Waals surface area (Å²) in [5.74, 6) is -1.31. The summed E-state index contributed by atoms with van der Waals surface area (Å²) in [6, 6.07) is 20.2. The third-order valence-corrected chi connectivity index (χ3v) is 16.8. The molecule has 6 rings (SSSR count). The van der Waals surface area contributed by atoms with E-state index in [1.165, 1.54) is 19.3 Å². The van der Waals surface area contributed by atoms with Gasteiger partial charge in [-0.05, 0) is 83.6 Å². The van der Waals surface area contributed by atoms with Crippen molar-refractivity contribution < 1.29 is 33.0 Å². The van der Waals surface area contributed by atoms with Crippen molar-refractivity contribution in [3.05, 3.63) is 83.9 Å². The molecule has 1 heterocycles. The molecule has 8 heteroatoms. The van der Waals surface area contributed by atoms with E-state index in [-0.39, 0.29) is 36.6 Å². The number of hydrogen-bond acceptors (Lipinski definition) is 7. The summed E-state index contributed by atoms with van der Waals surface area (Å²) >= 11 is 0. The highest BCUT2D eigenvalue weighted by molar-refractivity contribution is 6.72. The van der Waals surface area contributed by atoms with Gasteiger partial charge >= 0.3 is 0 Å². The third-order valence-electron chi connectivity index (χ3n) is 13.4. The number of carbonyl (C=O) groups excluding carboxylic acids is 2. The van der Waals surface area contributed by atoms with Crippen LogP contribution in [0.4, 0.5) is 0 Å². The van der Waals surface area contributed by atoms with E-state index in [2.05, 4.69) is 32.2 Å². The lowest BCUT2D eigenvalue weighted by atomic mass is 9.49. The van der Waals surface area contributed by atoms with Crippen molar-refractivity contribution in [2.75, 3.05) is 0 Å². The molecule has 3 saturated carbocycles. The number of ketones is 2. The van der Waals surface area contributed by atoms with Gasteiger partial charge in [0, 0.05) is 17.8 Å². The Labute approximate surface area is 319 Å². The molecule has 7 nitrogen and oxygen atoms in total. The minimum Gasteiger partial charge on any atom is -0.408 e. The lowest BCUT2D eigenvalue weighted by molar-refractivity contribution is -0.380. The van der Waals surface area contributed by atoms with Gasteiger partial charge in [-0.1, -0.05) is 112 Å². The Kier molecular flexibility index (Phi) is 11.8. The number of Topliss-reactive ketones (excluding diaryl/α,β-unsaturated/α-hetero) is 2. The maximum absolute atomic E-state index is 15.9. The molecule has 290 valence electrons. The van der Waals surface area contributed by atoms with Gasteiger partial charge in [-0.15, -0.1) is 0 Å². The van der Waals surface area contributed by atoms with Crippen molar-refractivity contribution in [3.8, 4) is 0 Å². The minimum absolute atomic E-state index is 0.0598. The van der Waals surface area contributed by atoms with E-state index in [1.807, 2.05) is 76.2 Å². The van der Waals surface area contributed by atoms with Crippen LogP contribution in [0.1, 0.15) is 110 Å². The van der Waals surface area contributed by atoms with Crippen LogP contribution in [-0.4, -0.2) is 55.7 Å². The van der Waals surface area contributed by atoms with Gasteiger partial charge < -0.3 is 28.2 Å². The molecule has 53 heavy (non-hydrogen) atoms. The van der Waals surface area contributed by atoms with Crippen molar-refractivity contribution in [1.29, 1.82) is 0 Å². The maximum atomic E-state index is 15.9. The van der Waals surface area contributed by atoms with Crippen molar-refractivity contribution in [3.63, 3.8) is 0 Å². The third kappa shape index (κ3) is 7.83. The summed E-state index contributed by atoms with van der Waals surface area (Å²) in [7, 11) is -2.57. The lowest BCUT2D eigenvalue weighted by Gasteiger charge is -2.66. The first kappa shape index (κ1) is 40.2. The Morgan fingerprint density at radius 1 is 0.849 bits per heavy atom. The number of benzene rings is 2. The number of ether oxygens (including phenoxy) is 4. The van der Waals surface area contributed by atoms with Gasteiger partial charge in [-0.3, -0.25) is 4.79 Å². The molecule has 0 amide bonds. The molecular formula is C45H64O7Si. The average molecular weight is 745 g/mol. The minimum atomic E-state index is -2.57. The molecule has 2 aromatic rings. The first-order valence-electron chi connectivity index (χ1n) is 20.1. The summed E-state index contributed by atoms with van der Waals surface area (Å²) in [5, 5.41) is 0. The predicted octanol–water partition coefficient (Wildman–Crippen LogP) is 9.92. The molecule has 0 bridgehead atoms. The molecule has 0 unspecified atom stereocenters. The van der Waals surface area contributed by atoms with Crippen LogP contribution in [-0.2, 0) is 46.2 Å². The second-order valence-electron chi connectivity index (χ2n) is 18.1. The van der Waals surface area contributed by atoms with Crippen LogP contribution in [0.15, 0.2) is 72.8 Å². The first-order valence-corrected chi connectivity index (χ1v) is 23.1. The summed E-state index contributed by atoms with van der Waals surface area (Å²) in [5.41, 5.74) is 0.345. The SMILES string of the molecule is C=C1CC[C@@H]2OC(C)(C)O[C@@H]3[C@H](OCc4ccccc4)C(=O)C(C)(C)[C@](CCC(C)=O)(O[Si](C)(C)C4CCCCC4)[C@@H](OCc4ccccc4)[C@H]1[C@@]23C. The molecule has 1 saturated heterocycles. The summed E-state index contributed by atoms with van der Waals surface area (Å²) in [6.07, 6.45) is 5.42. The Morgan fingerprint density at radius 2 is 1.43 bits per heavy atom. The van der Waals surface area contributed by atoms with Crippen molar-refractivity contribution in [2.45, 2.75) is 167 Å². The topological polar surface area (TPSA) is 80.3 Å². The van der Waals surface area contributed by atoms with Crippen LogP contribution in [0.25, 0.3) is 0 Å². The van der Waals surface area contributed by atoms with Gasteiger partial charge in [0.1, 0.15) is 18.0 Å². The van der Waals surface area contributed by atoms with E-state index in [1.54, 1.807) is 6.92 Å². The van der Waals surface area contributed by atoms with Crippen LogP contribution >= 0.6 is 0 Å². The molecule has 0 spiro atoms. The highest BCUT2D eigenvalue weighted by Crippen LogP contribution is 2.62. The summed E-state index contributed by atoms with van der Waals surface area (Å²) in [4.78, 5) is 29.1. The molecule has 2 aromatic carbocycles. The van der Waals surface area contributed by atoms with Crippen molar-refractivity contribution in [1.82, 2.24) is 0 Å². The second kappa shape index (κ2) is 15.6. The van der Waals surface area contributed by atoms with Crippen LogP contribution < -0.4 is 0 Å². The monoisotopic (exact) mass is 744 g/mol. The first-order chi connectivity index (χ1) is 25.0. The van der Waals surface area contributed by atoms with Gasteiger partial charge in [-0.2, -0.15) is 0 Å². The zero-order valence-corrected chi connectivity index (χ0v) is 34.6. The fraction of sp³-hybridized carbons (Fsp3) is 0.644. The second-order valence-corrected chi connectivity index (χ2v) is 22.4. The normalized spacial score (nSPS) is 33.1. The molecule has 4 fully saturated rings. The smallest absolute Gasteiger partial charge is 0.190 e. The molecule has 3 aliphatic carbocycles. The van der Waals surface area contributed by atoms with E-state index in [4.69, 9.17) is 30.0 Å². The molecule has 1 aliphatic heterocycles. The molecule has 4 aliphatic rings. The van der Waals surface area contributed by atoms with E-state index < -0.39 is 48.8 Å². The Bertz CT molecular complexity index is 1600. The van der Waals surface area contributed by atoms with Crippen LogP contribution in [0.3, 0.4) is 0 Å². The maximum Gasteiger partial charge on any atom is 0.190 e. The Morgan fingerprint density at radius 3 is 2.02 bits per heavy atom. The van der Waals surface area contributed by atoms with Crippen molar-refractivity contribution in [2.24, 2.45) is 16.7 Å².